The second-order valence-electron chi connectivity index (χ2n) is 7.34. The number of thioether (sulfide) groups is 1. The number of amides is 1. The summed E-state index contributed by atoms with van der Waals surface area (Å²) in [5.74, 6) is 1.80. The number of methoxy groups -OCH3 is 1. The molecule has 3 heterocycles. The Kier molecular flexibility index (Phi) is 5.57. The number of para-hydroxylation sites is 1. The van der Waals surface area contributed by atoms with Gasteiger partial charge in [0.1, 0.15) is 5.75 Å². The molecule has 0 N–H and O–H groups in total. The second kappa shape index (κ2) is 8.64. The van der Waals surface area contributed by atoms with Crippen molar-refractivity contribution in [1.29, 1.82) is 0 Å². The van der Waals surface area contributed by atoms with E-state index < -0.39 is 0 Å². The van der Waals surface area contributed by atoms with Crippen LogP contribution >= 0.6 is 11.8 Å². The smallest absolute Gasteiger partial charge is 0.266 e. The number of nitrogens with zero attached hydrogens (tertiary/aromatic N) is 2. The van der Waals surface area contributed by atoms with Crippen LogP contribution < -0.4 is 14.2 Å². The summed E-state index contributed by atoms with van der Waals surface area (Å²) in [4.78, 5) is 20.4. The van der Waals surface area contributed by atoms with Crippen LogP contribution in [0.5, 0.6) is 17.2 Å². The summed E-state index contributed by atoms with van der Waals surface area (Å²) in [6.45, 7) is 1.41. The van der Waals surface area contributed by atoms with Gasteiger partial charge in [-0.15, -0.1) is 0 Å². The van der Waals surface area contributed by atoms with Gasteiger partial charge in [-0.2, -0.15) is 0 Å². The van der Waals surface area contributed by atoms with Gasteiger partial charge in [-0.1, -0.05) is 18.2 Å². The fourth-order valence-corrected chi connectivity index (χ4v) is 4.73. The molecule has 7 nitrogen and oxygen atoms in total. The van der Waals surface area contributed by atoms with E-state index in [0.717, 1.165) is 30.7 Å². The Morgan fingerprint density at radius 3 is 2.77 bits per heavy atom. The molecule has 2 aromatic carbocycles. The molecule has 0 aromatic heterocycles. The third kappa shape index (κ3) is 4.13. The van der Waals surface area contributed by atoms with E-state index in [1.807, 2.05) is 42.5 Å². The summed E-state index contributed by atoms with van der Waals surface area (Å²) in [6.07, 6.45) is 3.82. The van der Waals surface area contributed by atoms with Crippen molar-refractivity contribution in [3.8, 4) is 17.2 Å². The molecule has 0 unspecified atom stereocenters. The molecule has 1 atom stereocenters. The van der Waals surface area contributed by atoms with E-state index in [0.29, 0.717) is 33.9 Å². The fourth-order valence-electron chi connectivity index (χ4n) is 3.73. The van der Waals surface area contributed by atoms with Crippen LogP contribution in [-0.4, -0.2) is 49.1 Å². The fraction of sp³-hybridized carbons (Fsp3) is 0.304. The molecule has 0 spiro atoms. The number of hydrogen-bond acceptors (Lipinski definition) is 7. The van der Waals surface area contributed by atoms with Crippen LogP contribution in [0.1, 0.15) is 18.4 Å². The van der Waals surface area contributed by atoms with Gasteiger partial charge in [0.25, 0.3) is 5.91 Å². The standard InChI is InChI=1S/C23H22N2O5S/c1-27-18-12-20-19(29-14-30-20)10-15(18)11-21-22(26)25(13-17-8-5-9-28-17)23(31-21)24-16-6-3-2-4-7-16/h2-4,6-7,10-12,17H,5,8-9,13-14H2,1H3/b21-11-,24-23?/t17-/m0/s1. The number of hydrogen-bond donors (Lipinski definition) is 0. The number of fused-ring (bicyclic) bond motifs is 1. The molecule has 3 aliphatic rings. The summed E-state index contributed by atoms with van der Waals surface area (Å²) >= 11 is 1.36. The lowest BCUT2D eigenvalue weighted by Crippen LogP contribution is -2.36. The maximum atomic E-state index is 13.3. The van der Waals surface area contributed by atoms with Crippen molar-refractivity contribution in [2.75, 3.05) is 27.1 Å². The van der Waals surface area contributed by atoms with Crippen molar-refractivity contribution in [3.05, 3.63) is 52.9 Å². The Morgan fingerprint density at radius 1 is 1.23 bits per heavy atom. The van der Waals surface area contributed by atoms with Crippen LogP contribution in [0.3, 0.4) is 0 Å². The third-order valence-electron chi connectivity index (χ3n) is 5.29. The first-order chi connectivity index (χ1) is 15.2. The summed E-state index contributed by atoms with van der Waals surface area (Å²) in [7, 11) is 1.59. The van der Waals surface area contributed by atoms with Gasteiger partial charge >= 0.3 is 0 Å². The monoisotopic (exact) mass is 438 g/mol. The van der Waals surface area contributed by atoms with E-state index in [2.05, 4.69) is 0 Å². The largest absolute Gasteiger partial charge is 0.496 e. The minimum Gasteiger partial charge on any atom is -0.496 e. The lowest BCUT2D eigenvalue weighted by molar-refractivity contribution is -0.123. The van der Waals surface area contributed by atoms with Crippen LogP contribution in [-0.2, 0) is 9.53 Å². The quantitative estimate of drug-likeness (QED) is 0.652. The molecule has 0 aliphatic carbocycles. The van der Waals surface area contributed by atoms with E-state index in [1.54, 1.807) is 18.1 Å². The average molecular weight is 439 g/mol. The summed E-state index contributed by atoms with van der Waals surface area (Å²) in [6, 6.07) is 13.3. The van der Waals surface area contributed by atoms with E-state index in [-0.39, 0.29) is 18.8 Å². The zero-order chi connectivity index (χ0) is 21.2. The van der Waals surface area contributed by atoms with Crippen LogP contribution in [0, 0.1) is 0 Å². The van der Waals surface area contributed by atoms with E-state index >= 15 is 0 Å². The van der Waals surface area contributed by atoms with Gasteiger partial charge < -0.3 is 18.9 Å². The number of amidine groups is 1. The number of carbonyl (C=O) groups is 1. The molecule has 3 aliphatic heterocycles. The lowest BCUT2D eigenvalue weighted by Gasteiger charge is -2.19. The van der Waals surface area contributed by atoms with E-state index in [9.17, 15) is 4.79 Å². The molecule has 31 heavy (non-hydrogen) atoms. The Balaban J connectivity index is 1.49. The molecule has 160 valence electrons. The Morgan fingerprint density at radius 2 is 2.03 bits per heavy atom. The first-order valence-electron chi connectivity index (χ1n) is 10.2. The molecule has 2 aromatic rings. The van der Waals surface area contributed by atoms with Crippen LogP contribution in [0.15, 0.2) is 52.4 Å². The van der Waals surface area contributed by atoms with Gasteiger partial charge in [0.2, 0.25) is 6.79 Å². The highest BCUT2D eigenvalue weighted by Gasteiger charge is 2.36. The zero-order valence-corrected chi connectivity index (χ0v) is 17.9. The molecule has 2 fully saturated rings. The number of ether oxygens (including phenoxy) is 4. The van der Waals surface area contributed by atoms with Crippen molar-refractivity contribution >= 4 is 34.6 Å². The maximum absolute atomic E-state index is 13.3. The average Bonchev–Trinajstić information content (AvgIpc) is 3.52. The van der Waals surface area contributed by atoms with Crippen molar-refractivity contribution < 1.29 is 23.7 Å². The van der Waals surface area contributed by atoms with Gasteiger partial charge in [0.15, 0.2) is 16.7 Å². The van der Waals surface area contributed by atoms with Gasteiger partial charge in [0, 0.05) is 18.2 Å². The van der Waals surface area contributed by atoms with E-state index in [4.69, 9.17) is 23.9 Å². The van der Waals surface area contributed by atoms with Gasteiger partial charge in [-0.3, -0.25) is 9.69 Å². The van der Waals surface area contributed by atoms with Crippen LogP contribution in [0.4, 0.5) is 5.69 Å². The summed E-state index contributed by atoms with van der Waals surface area (Å²) < 4.78 is 22.2. The second-order valence-corrected chi connectivity index (χ2v) is 8.35. The van der Waals surface area contributed by atoms with Crippen molar-refractivity contribution in [1.82, 2.24) is 4.90 Å². The van der Waals surface area contributed by atoms with Crippen LogP contribution in [0.2, 0.25) is 0 Å². The van der Waals surface area contributed by atoms with Crippen LogP contribution in [0.25, 0.3) is 6.08 Å². The highest BCUT2D eigenvalue weighted by atomic mass is 32.2. The minimum absolute atomic E-state index is 0.0324. The zero-order valence-electron chi connectivity index (χ0n) is 17.1. The number of aliphatic imine (C=N–C) groups is 1. The lowest BCUT2D eigenvalue weighted by atomic mass is 10.1. The highest BCUT2D eigenvalue weighted by molar-refractivity contribution is 8.18. The first kappa shape index (κ1) is 20.0. The Hall–Kier alpha value is -2.97. The van der Waals surface area contributed by atoms with Crippen molar-refractivity contribution in [3.63, 3.8) is 0 Å². The van der Waals surface area contributed by atoms with Crippen molar-refractivity contribution in [2.45, 2.75) is 18.9 Å². The molecular formula is C23H22N2O5S. The Bertz CT molecular complexity index is 1050. The Labute approximate surface area is 184 Å². The van der Waals surface area contributed by atoms with Gasteiger partial charge in [0.05, 0.1) is 30.4 Å². The maximum Gasteiger partial charge on any atom is 0.266 e. The van der Waals surface area contributed by atoms with Gasteiger partial charge in [-0.25, -0.2) is 4.99 Å². The molecule has 0 bridgehead atoms. The SMILES string of the molecule is COc1cc2c(cc1/C=C1\SC(=Nc3ccccc3)N(C[C@@H]3CCCO3)C1=O)OCO2. The number of benzene rings is 2. The minimum atomic E-state index is -0.0881. The van der Waals surface area contributed by atoms with Gasteiger partial charge in [-0.05, 0) is 48.9 Å². The topological polar surface area (TPSA) is 69.6 Å². The molecule has 8 heteroatoms. The first-order valence-corrected chi connectivity index (χ1v) is 11.0. The molecule has 0 saturated carbocycles. The number of rotatable bonds is 5. The third-order valence-corrected chi connectivity index (χ3v) is 6.30. The molecule has 2 saturated heterocycles. The molecule has 5 rings (SSSR count). The highest BCUT2D eigenvalue weighted by Crippen LogP contribution is 2.41. The molecular weight excluding hydrogens is 416 g/mol. The summed E-state index contributed by atoms with van der Waals surface area (Å²) in [5.41, 5.74) is 1.55. The predicted octanol–water partition coefficient (Wildman–Crippen LogP) is 4.21. The van der Waals surface area contributed by atoms with Crippen molar-refractivity contribution in [2.24, 2.45) is 4.99 Å². The molecule has 1 amide bonds. The molecule has 0 radical (unpaired) electrons. The predicted molar refractivity (Wildman–Crippen MR) is 119 cm³/mol. The summed E-state index contributed by atoms with van der Waals surface area (Å²) in [5, 5.41) is 0.651. The number of carbonyl (C=O) groups excluding carboxylic acids is 1. The van der Waals surface area contributed by atoms with E-state index in [1.165, 1.54) is 11.8 Å². The normalized spacial score (nSPS) is 22.7.